The van der Waals surface area contributed by atoms with Crippen LogP contribution in [0.5, 0.6) is 11.6 Å². The van der Waals surface area contributed by atoms with Crippen molar-refractivity contribution in [3.63, 3.8) is 0 Å². The molecule has 0 N–H and O–H groups in total. The van der Waals surface area contributed by atoms with E-state index in [9.17, 15) is 0 Å². The Bertz CT molecular complexity index is 1720. The predicted molar refractivity (Wildman–Crippen MR) is 143 cm³/mol. The van der Waals surface area contributed by atoms with Crippen molar-refractivity contribution in [2.24, 2.45) is 0 Å². The Kier molecular flexibility index (Phi) is 5.41. The van der Waals surface area contributed by atoms with Crippen LogP contribution in [0, 0.1) is 6.92 Å². The van der Waals surface area contributed by atoms with Crippen molar-refractivity contribution < 1.29 is 4.74 Å². The highest BCUT2D eigenvalue weighted by molar-refractivity contribution is 6.07. The minimum atomic E-state index is 0.408. The average Bonchev–Trinajstić information content (AvgIpc) is 3.22. The maximum absolute atomic E-state index is 5.98. The zero-order valence-electron chi connectivity index (χ0n) is 20.4. The van der Waals surface area contributed by atoms with E-state index in [0.29, 0.717) is 17.5 Å². The fraction of sp³-hybridized carbons (Fsp3) is 0.133. The Balaban J connectivity index is 1.49. The lowest BCUT2D eigenvalue weighted by Crippen LogP contribution is -1.99. The molecule has 0 fully saturated rings. The molecule has 0 aliphatic carbocycles. The van der Waals surface area contributed by atoms with Gasteiger partial charge in [-0.05, 0) is 60.4 Å². The van der Waals surface area contributed by atoms with Gasteiger partial charge in [-0.15, -0.1) is 0 Å². The molecule has 0 saturated carbocycles. The standard InChI is InChI=1S/C30H25N5O/c1-19(2)21-9-11-32-28(15-21)35-26-7-5-4-6-25(26)30-27(35)14-23(17-34-30)22-13-24(18-31-16-22)36-29-12-20(3)8-10-33-29/h4-19H,1-3H3. The Morgan fingerprint density at radius 1 is 0.778 bits per heavy atom. The summed E-state index contributed by atoms with van der Waals surface area (Å²) < 4.78 is 8.17. The summed E-state index contributed by atoms with van der Waals surface area (Å²) in [4.78, 5) is 18.3. The van der Waals surface area contributed by atoms with Gasteiger partial charge in [0.25, 0.3) is 0 Å². The Hall–Kier alpha value is -4.58. The molecule has 0 atom stereocenters. The van der Waals surface area contributed by atoms with Crippen LogP contribution >= 0.6 is 0 Å². The molecule has 0 aliphatic rings. The van der Waals surface area contributed by atoms with Crippen molar-refractivity contribution in [3.05, 3.63) is 103 Å². The molecule has 0 unspecified atom stereocenters. The van der Waals surface area contributed by atoms with E-state index in [4.69, 9.17) is 14.7 Å². The van der Waals surface area contributed by atoms with Crippen LogP contribution in [-0.4, -0.2) is 24.5 Å². The van der Waals surface area contributed by atoms with Gasteiger partial charge in [-0.1, -0.05) is 32.0 Å². The molecule has 176 valence electrons. The van der Waals surface area contributed by atoms with Gasteiger partial charge in [0, 0.05) is 47.4 Å². The van der Waals surface area contributed by atoms with E-state index in [1.54, 1.807) is 12.4 Å². The second kappa shape index (κ2) is 8.89. The third kappa shape index (κ3) is 3.96. The summed E-state index contributed by atoms with van der Waals surface area (Å²) in [5, 5.41) is 1.09. The zero-order chi connectivity index (χ0) is 24.6. The van der Waals surface area contributed by atoms with Crippen LogP contribution in [-0.2, 0) is 0 Å². The molecule has 6 heteroatoms. The fourth-order valence-corrected chi connectivity index (χ4v) is 4.47. The number of hydrogen-bond donors (Lipinski definition) is 0. The first-order valence-electron chi connectivity index (χ1n) is 12.0. The molecule has 6 nitrogen and oxygen atoms in total. The van der Waals surface area contributed by atoms with E-state index < -0.39 is 0 Å². The zero-order valence-corrected chi connectivity index (χ0v) is 20.4. The van der Waals surface area contributed by atoms with E-state index in [1.807, 2.05) is 49.8 Å². The minimum Gasteiger partial charge on any atom is -0.437 e. The number of pyridine rings is 4. The molecule has 0 bridgehead atoms. The van der Waals surface area contributed by atoms with E-state index in [-0.39, 0.29) is 0 Å². The van der Waals surface area contributed by atoms with Gasteiger partial charge in [-0.3, -0.25) is 14.5 Å². The first-order valence-corrected chi connectivity index (χ1v) is 12.0. The van der Waals surface area contributed by atoms with Crippen LogP contribution in [0.3, 0.4) is 0 Å². The third-order valence-corrected chi connectivity index (χ3v) is 6.33. The summed E-state index contributed by atoms with van der Waals surface area (Å²) in [7, 11) is 0. The molecule has 0 radical (unpaired) electrons. The molecule has 36 heavy (non-hydrogen) atoms. The molecule has 1 aromatic carbocycles. The van der Waals surface area contributed by atoms with Crippen molar-refractivity contribution in [3.8, 4) is 28.6 Å². The molecule has 5 heterocycles. The maximum atomic E-state index is 5.98. The van der Waals surface area contributed by atoms with E-state index in [2.05, 4.69) is 64.8 Å². The van der Waals surface area contributed by atoms with Gasteiger partial charge in [0.1, 0.15) is 11.6 Å². The lowest BCUT2D eigenvalue weighted by atomic mass is 10.1. The first kappa shape index (κ1) is 21.9. The number of ether oxygens (including phenoxy) is 1. The SMILES string of the molecule is Cc1ccnc(Oc2cncc(-c3cnc4c5ccccc5n(-c5cc(C(C)C)ccn5)c4c3)c2)c1. The van der Waals surface area contributed by atoms with Crippen molar-refractivity contribution in [1.82, 2.24) is 24.5 Å². The molecule has 6 rings (SSSR count). The Morgan fingerprint density at radius 2 is 1.61 bits per heavy atom. The highest BCUT2D eigenvalue weighted by atomic mass is 16.5. The Morgan fingerprint density at radius 3 is 2.47 bits per heavy atom. The number of aromatic nitrogens is 5. The summed E-state index contributed by atoms with van der Waals surface area (Å²) in [5.74, 6) is 2.45. The topological polar surface area (TPSA) is 65.7 Å². The van der Waals surface area contributed by atoms with Gasteiger partial charge in [0.15, 0.2) is 0 Å². The molecule has 0 spiro atoms. The Labute approximate surface area is 209 Å². The van der Waals surface area contributed by atoms with E-state index >= 15 is 0 Å². The number of benzene rings is 1. The predicted octanol–water partition coefficient (Wildman–Crippen LogP) is 7.25. The van der Waals surface area contributed by atoms with Crippen LogP contribution in [0.2, 0.25) is 0 Å². The summed E-state index contributed by atoms with van der Waals surface area (Å²) >= 11 is 0. The smallest absolute Gasteiger partial charge is 0.219 e. The molecule has 0 amide bonds. The van der Waals surface area contributed by atoms with Crippen LogP contribution in [0.15, 0.2) is 91.6 Å². The number of aryl methyl sites for hydroxylation is 1. The highest BCUT2D eigenvalue weighted by Crippen LogP contribution is 2.34. The maximum Gasteiger partial charge on any atom is 0.219 e. The molecular weight excluding hydrogens is 446 g/mol. The molecule has 5 aromatic heterocycles. The monoisotopic (exact) mass is 471 g/mol. The second-order valence-corrected chi connectivity index (χ2v) is 9.23. The van der Waals surface area contributed by atoms with Crippen LogP contribution in [0.1, 0.15) is 30.9 Å². The lowest BCUT2D eigenvalue weighted by molar-refractivity contribution is 0.460. The van der Waals surface area contributed by atoms with Crippen LogP contribution in [0.4, 0.5) is 0 Å². The van der Waals surface area contributed by atoms with E-state index in [1.165, 1.54) is 5.56 Å². The number of rotatable bonds is 5. The highest BCUT2D eigenvalue weighted by Gasteiger charge is 2.16. The average molecular weight is 472 g/mol. The van der Waals surface area contributed by atoms with Crippen molar-refractivity contribution in [2.45, 2.75) is 26.7 Å². The van der Waals surface area contributed by atoms with Crippen LogP contribution in [0.25, 0.3) is 38.9 Å². The number of fused-ring (bicyclic) bond motifs is 3. The molecule has 0 saturated heterocycles. The van der Waals surface area contributed by atoms with Crippen molar-refractivity contribution >= 4 is 21.9 Å². The second-order valence-electron chi connectivity index (χ2n) is 9.23. The number of nitrogens with zero attached hydrogens (tertiary/aromatic N) is 5. The summed E-state index contributed by atoms with van der Waals surface area (Å²) in [6.07, 6.45) is 9.03. The quantitative estimate of drug-likeness (QED) is 0.265. The molecular formula is C30H25N5O. The largest absolute Gasteiger partial charge is 0.437 e. The molecule has 0 aliphatic heterocycles. The van der Waals surface area contributed by atoms with Gasteiger partial charge >= 0.3 is 0 Å². The first-order chi connectivity index (χ1) is 17.6. The molecule has 6 aromatic rings. The minimum absolute atomic E-state index is 0.408. The lowest BCUT2D eigenvalue weighted by Gasteiger charge is -2.11. The summed E-state index contributed by atoms with van der Waals surface area (Å²) in [6.45, 7) is 6.40. The van der Waals surface area contributed by atoms with Crippen molar-refractivity contribution in [2.75, 3.05) is 0 Å². The third-order valence-electron chi connectivity index (χ3n) is 6.33. The number of para-hydroxylation sites is 1. The summed E-state index contributed by atoms with van der Waals surface area (Å²) in [6, 6.07) is 20.5. The van der Waals surface area contributed by atoms with Gasteiger partial charge < -0.3 is 4.74 Å². The fourth-order valence-electron chi connectivity index (χ4n) is 4.47. The van der Waals surface area contributed by atoms with Gasteiger partial charge in [-0.25, -0.2) is 9.97 Å². The van der Waals surface area contributed by atoms with Gasteiger partial charge in [-0.2, -0.15) is 0 Å². The summed E-state index contributed by atoms with van der Waals surface area (Å²) in [5.41, 5.74) is 7.20. The normalized spacial score (nSPS) is 11.4. The van der Waals surface area contributed by atoms with Crippen molar-refractivity contribution in [1.29, 1.82) is 0 Å². The van der Waals surface area contributed by atoms with Gasteiger partial charge in [0.2, 0.25) is 5.88 Å². The van der Waals surface area contributed by atoms with Gasteiger partial charge in [0.05, 0.1) is 22.7 Å². The van der Waals surface area contributed by atoms with E-state index in [0.717, 1.165) is 44.4 Å². The number of hydrogen-bond acceptors (Lipinski definition) is 5. The van der Waals surface area contributed by atoms with Crippen LogP contribution < -0.4 is 4.74 Å².